The number of aliphatic hydroxyl groups is 2. The Hall–Kier alpha value is 0.920. The topological polar surface area (TPSA) is 40.5 Å². The Morgan fingerprint density at radius 3 is 2.12 bits per heavy atom. The van der Waals surface area contributed by atoms with E-state index in [0.717, 1.165) is 6.42 Å². The molecule has 0 saturated carbocycles. The van der Waals surface area contributed by atoms with Gasteiger partial charge in [-0.25, -0.2) is 0 Å². The summed E-state index contributed by atoms with van der Waals surface area (Å²) in [6, 6.07) is 0. The third-order valence-corrected chi connectivity index (χ3v) is 0.833. The maximum absolute atomic E-state index is 8.61. The Morgan fingerprint density at radius 2 is 2.00 bits per heavy atom. The predicted molar refractivity (Wildman–Crippen MR) is 33.8 cm³/mol. The van der Waals surface area contributed by atoms with E-state index in [0.29, 0.717) is 6.42 Å². The van der Waals surface area contributed by atoms with Crippen molar-refractivity contribution in [1.29, 1.82) is 0 Å². The van der Waals surface area contributed by atoms with Crippen LogP contribution in [0, 0.1) is 0 Å². The van der Waals surface area contributed by atoms with Gasteiger partial charge < -0.3 is 10.2 Å². The zero-order valence-electron chi connectivity index (χ0n) is 5.59. The van der Waals surface area contributed by atoms with Crippen LogP contribution in [0.3, 0.4) is 0 Å². The Balaban J connectivity index is 0. The van der Waals surface area contributed by atoms with Crippen LogP contribution in [-0.4, -0.2) is 52.5 Å². The van der Waals surface area contributed by atoms with Gasteiger partial charge in [-0.15, -0.1) is 0 Å². The van der Waals surface area contributed by atoms with Crippen molar-refractivity contribution in [2.24, 2.45) is 0 Å². The second-order valence-corrected chi connectivity index (χ2v) is 1.63. The van der Waals surface area contributed by atoms with E-state index in [4.69, 9.17) is 10.2 Å². The molecule has 1 atom stereocenters. The summed E-state index contributed by atoms with van der Waals surface area (Å²) in [7, 11) is 0. The molecule has 0 aromatic rings. The molecule has 0 bridgehead atoms. The molecule has 2 nitrogen and oxygen atoms in total. The standard InChI is InChI=1S/C5H12O2.Na/c1-2-3-5(7)4-6;/h5-7H,2-4H2,1H3;. The Labute approximate surface area is 72.2 Å². The molecule has 45 valence electrons. The monoisotopic (exact) mass is 127 g/mol. The summed E-state index contributed by atoms with van der Waals surface area (Å²) in [5.41, 5.74) is 0. The first-order valence-electron chi connectivity index (χ1n) is 2.60. The van der Waals surface area contributed by atoms with Crippen LogP contribution in [0.4, 0.5) is 0 Å². The SMILES string of the molecule is CCCC(O)CO.[Na]. The van der Waals surface area contributed by atoms with Crippen LogP contribution in [0.1, 0.15) is 19.8 Å². The average molecular weight is 127 g/mol. The van der Waals surface area contributed by atoms with Gasteiger partial charge in [0.05, 0.1) is 12.7 Å². The van der Waals surface area contributed by atoms with E-state index in [9.17, 15) is 0 Å². The molecule has 0 aliphatic heterocycles. The summed E-state index contributed by atoms with van der Waals surface area (Å²) in [6.45, 7) is 1.87. The minimum atomic E-state index is -0.495. The van der Waals surface area contributed by atoms with E-state index in [1.807, 2.05) is 6.92 Å². The van der Waals surface area contributed by atoms with Crippen molar-refractivity contribution in [2.75, 3.05) is 6.61 Å². The zero-order valence-corrected chi connectivity index (χ0v) is 7.59. The second-order valence-electron chi connectivity index (χ2n) is 1.63. The normalized spacial score (nSPS) is 12.4. The van der Waals surface area contributed by atoms with E-state index in [2.05, 4.69) is 0 Å². The molecule has 0 aromatic carbocycles. The Bertz CT molecular complexity index is 41.4. The summed E-state index contributed by atoms with van der Waals surface area (Å²) in [5.74, 6) is 0. The van der Waals surface area contributed by atoms with Gasteiger partial charge >= 0.3 is 0 Å². The third-order valence-electron chi connectivity index (χ3n) is 0.833. The van der Waals surface area contributed by atoms with Gasteiger partial charge in [-0.3, -0.25) is 0 Å². The summed E-state index contributed by atoms with van der Waals surface area (Å²) >= 11 is 0. The van der Waals surface area contributed by atoms with Crippen molar-refractivity contribution in [3.8, 4) is 0 Å². The quantitative estimate of drug-likeness (QED) is 0.513. The molecule has 0 spiro atoms. The molecule has 0 amide bonds. The molecule has 0 aliphatic rings. The van der Waals surface area contributed by atoms with Gasteiger partial charge in [-0.2, -0.15) is 0 Å². The van der Waals surface area contributed by atoms with Gasteiger partial charge in [0, 0.05) is 29.6 Å². The van der Waals surface area contributed by atoms with E-state index in [1.165, 1.54) is 0 Å². The molecular weight excluding hydrogens is 115 g/mol. The fraction of sp³-hybridized carbons (Fsp3) is 1.00. The second kappa shape index (κ2) is 7.92. The molecule has 0 aromatic heterocycles. The number of rotatable bonds is 3. The molecule has 1 unspecified atom stereocenters. The number of aliphatic hydroxyl groups excluding tert-OH is 2. The molecule has 0 aliphatic carbocycles. The molecule has 8 heavy (non-hydrogen) atoms. The van der Waals surface area contributed by atoms with Crippen molar-refractivity contribution >= 4 is 29.6 Å². The fourth-order valence-electron chi connectivity index (χ4n) is 0.425. The average Bonchev–Trinajstić information content (AvgIpc) is 1.68. The number of hydrogen-bond acceptors (Lipinski definition) is 2. The van der Waals surface area contributed by atoms with Gasteiger partial charge in [0.2, 0.25) is 0 Å². The maximum Gasteiger partial charge on any atom is 0.0770 e. The van der Waals surface area contributed by atoms with Gasteiger partial charge in [-0.1, -0.05) is 13.3 Å². The molecule has 0 fully saturated rings. The first-order chi connectivity index (χ1) is 3.31. The number of hydrogen-bond donors (Lipinski definition) is 2. The van der Waals surface area contributed by atoms with E-state index >= 15 is 0 Å². The summed E-state index contributed by atoms with van der Waals surface area (Å²) < 4.78 is 0. The van der Waals surface area contributed by atoms with Crippen LogP contribution in [0.2, 0.25) is 0 Å². The largest absolute Gasteiger partial charge is 0.394 e. The molecule has 3 heteroatoms. The summed E-state index contributed by atoms with van der Waals surface area (Å²) in [5, 5.41) is 16.8. The van der Waals surface area contributed by atoms with Gasteiger partial charge in [0.15, 0.2) is 0 Å². The van der Waals surface area contributed by atoms with Gasteiger partial charge in [0.1, 0.15) is 0 Å². The van der Waals surface area contributed by atoms with Crippen LogP contribution in [0.25, 0.3) is 0 Å². The van der Waals surface area contributed by atoms with Crippen molar-refractivity contribution in [3.63, 3.8) is 0 Å². The van der Waals surface area contributed by atoms with E-state index < -0.39 is 6.10 Å². The van der Waals surface area contributed by atoms with Crippen molar-refractivity contribution in [2.45, 2.75) is 25.9 Å². The van der Waals surface area contributed by atoms with Crippen LogP contribution in [0.15, 0.2) is 0 Å². The third kappa shape index (κ3) is 6.92. The Kier molecular flexibility index (Phi) is 11.6. The molecular formula is C5H12NaO2. The molecule has 0 saturated heterocycles. The maximum atomic E-state index is 8.61. The summed E-state index contributed by atoms with van der Waals surface area (Å²) in [4.78, 5) is 0. The zero-order chi connectivity index (χ0) is 5.70. The smallest absolute Gasteiger partial charge is 0.0770 e. The van der Waals surface area contributed by atoms with Crippen molar-refractivity contribution in [1.82, 2.24) is 0 Å². The van der Waals surface area contributed by atoms with Crippen LogP contribution < -0.4 is 0 Å². The minimum Gasteiger partial charge on any atom is -0.394 e. The molecule has 1 radical (unpaired) electrons. The first-order valence-corrected chi connectivity index (χ1v) is 2.60. The molecule has 0 rings (SSSR count). The van der Waals surface area contributed by atoms with Gasteiger partial charge in [0.25, 0.3) is 0 Å². The Morgan fingerprint density at radius 1 is 1.50 bits per heavy atom. The summed E-state index contributed by atoms with van der Waals surface area (Å²) in [6.07, 6.45) is 1.14. The fourth-order valence-corrected chi connectivity index (χ4v) is 0.425. The van der Waals surface area contributed by atoms with Crippen LogP contribution >= 0.6 is 0 Å². The van der Waals surface area contributed by atoms with Crippen molar-refractivity contribution < 1.29 is 10.2 Å². The van der Waals surface area contributed by atoms with Crippen LogP contribution in [0.5, 0.6) is 0 Å². The molecule has 2 N–H and O–H groups in total. The molecule has 0 heterocycles. The first kappa shape index (κ1) is 11.7. The van der Waals surface area contributed by atoms with Gasteiger partial charge in [-0.05, 0) is 6.42 Å². The predicted octanol–water partition coefficient (Wildman–Crippen LogP) is -0.241. The van der Waals surface area contributed by atoms with E-state index in [-0.39, 0.29) is 36.2 Å². The van der Waals surface area contributed by atoms with Crippen LogP contribution in [-0.2, 0) is 0 Å². The van der Waals surface area contributed by atoms with E-state index in [1.54, 1.807) is 0 Å². The minimum absolute atomic E-state index is 0. The van der Waals surface area contributed by atoms with Crippen molar-refractivity contribution in [3.05, 3.63) is 0 Å².